The Morgan fingerprint density at radius 1 is 1.02 bits per heavy atom. The highest BCUT2D eigenvalue weighted by Gasteiger charge is 2.61. The fourth-order valence-corrected chi connectivity index (χ4v) is 5.13. The third-order valence-corrected chi connectivity index (χ3v) is 7.39. The third kappa shape index (κ3) is 9.96. The Morgan fingerprint density at radius 3 is 2.27 bits per heavy atom. The van der Waals surface area contributed by atoms with E-state index in [-0.39, 0.29) is 13.0 Å². The number of hydrogen-bond acceptors (Lipinski definition) is 7. The maximum atomic E-state index is 14.6. The van der Waals surface area contributed by atoms with E-state index in [1.54, 1.807) is 23.6 Å². The Labute approximate surface area is 279 Å². The average molecular weight is 700 g/mol. The molecule has 1 fully saturated rings. The van der Waals surface area contributed by atoms with E-state index in [0.29, 0.717) is 30.9 Å². The van der Waals surface area contributed by atoms with Crippen molar-refractivity contribution in [3.05, 3.63) is 78.5 Å². The van der Waals surface area contributed by atoms with E-state index in [0.717, 1.165) is 6.08 Å². The van der Waals surface area contributed by atoms with E-state index < -0.39 is 83.3 Å². The average Bonchev–Trinajstić information content (AvgIpc) is 3.46. The summed E-state index contributed by atoms with van der Waals surface area (Å²) >= 11 is 0. The molecule has 1 aliphatic rings. The number of hydrogen-bond donors (Lipinski definition) is 3. The second kappa shape index (κ2) is 15.7. The zero-order valence-electron chi connectivity index (χ0n) is 27.3. The largest absolute Gasteiger partial charge is 0.444 e. The van der Waals surface area contributed by atoms with Gasteiger partial charge in [-0.15, -0.1) is 13.2 Å². The van der Waals surface area contributed by atoms with Gasteiger partial charge in [0.1, 0.15) is 17.0 Å². The van der Waals surface area contributed by atoms with Gasteiger partial charge in [-0.2, -0.15) is 26.3 Å². The minimum atomic E-state index is -5.29. The molecular weight excluding hydrogens is 660 g/mol. The van der Waals surface area contributed by atoms with Crippen molar-refractivity contribution in [1.29, 1.82) is 0 Å². The number of carbonyl (C=O) groups excluding carboxylic acids is 3. The Kier molecular flexibility index (Phi) is 12.5. The van der Waals surface area contributed by atoms with Gasteiger partial charge in [0, 0.05) is 12.6 Å². The molecule has 2 atom stereocenters. The van der Waals surface area contributed by atoms with Crippen LogP contribution >= 0.6 is 0 Å². The summed E-state index contributed by atoms with van der Waals surface area (Å²) in [5, 5.41) is 2.08. The Hall–Kier alpha value is -4.60. The van der Waals surface area contributed by atoms with Gasteiger partial charge in [-0.3, -0.25) is 25.8 Å². The number of hydrazine groups is 1. The van der Waals surface area contributed by atoms with Crippen molar-refractivity contribution in [3.63, 3.8) is 0 Å². The molecule has 0 aliphatic carbocycles. The van der Waals surface area contributed by atoms with Crippen LogP contribution in [0.2, 0.25) is 0 Å². The molecule has 3 N–H and O–H groups in total. The molecule has 1 aromatic carbocycles. The number of nitrogens with one attached hydrogen (secondary N) is 3. The molecule has 3 amide bonds. The number of aromatic nitrogens is 1. The van der Waals surface area contributed by atoms with Crippen LogP contribution in [0.25, 0.3) is 0 Å². The smallest absolute Gasteiger partial charge is 0.426 e. The highest BCUT2D eigenvalue weighted by molar-refractivity contribution is 6.02. The van der Waals surface area contributed by atoms with E-state index in [2.05, 4.69) is 23.5 Å². The highest BCUT2D eigenvalue weighted by Crippen LogP contribution is 2.41. The van der Waals surface area contributed by atoms with Gasteiger partial charge in [-0.05, 0) is 64.5 Å². The van der Waals surface area contributed by atoms with Crippen molar-refractivity contribution in [3.8, 4) is 0 Å². The van der Waals surface area contributed by atoms with Crippen molar-refractivity contribution in [2.45, 2.75) is 89.1 Å². The number of rotatable bonds is 12. The monoisotopic (exact) mass is 699 g/mol. The molecule has 0 spiro atoms. The fourth-order valence-electron chi connectivity index (χ4n) is 5.13. The van der Waals surface area contributed by atoms with E-state index in [4.69, 9.17) is 9.47 Å². The number of benzene rings is 1. The molecule has 10 nitrogen and oxygen atoms in total. The zero-order valence-corrected chi connectivity index (χ0v) is 27.3. The van der Waals surface area contributed by atoms with Gasteiger partial charge in [0.2, 0.25) is 5.60 Å². The third-order valence-electron chi connectivity index (χ3n) is 7.39. The van der Waals surface area contributed by atoms with Crippen molar-refractivity contribution >= 4 is 29.4 Å². The second-order valence-corrected chi connectivity index (χ2v) is 12.2. The summed E-state index contributed by atoms with van der Waals surface area (Å²) in [6.45, 7) is 11.0. The van der Waals surface area contributed by atoms with Crippen LogP contribution < -0.4 is 21.1 Å². The molecular formula is C33H39F6N5O5. The summed E-state index contributed by atoms with van der Waals surface area (Å²) in [4.78, 5) is 44.8. The molecule has 2 heterocycles. The van der Waals surface area contributed by atoms with Crippen LogP contribution in [0, 0.1) is 0 Å². The number of alkyl halides is 6. The molecule has 49 heavy (non-hydrogen) atoms. The normalized spacial score (nSPS) is 16.3. The first-order valence-corrected chi connectivity index (χ1v) is 15.3. The summed E-state index contributed by atoms with van der Waals surface area (Å²) in [5.41, 5.74) is -3.64. The minimum absolute atomic E-state index is 0.140. The van der Waals surface area contributed by atoms with Crippen molar-refractivity contribution in [1.82, 2.24) is 15.8 Å². The Bertz CT molecular complexity index is 1510. The molecule has 2 aromatic rings. The molecule has 1 aliphatic heterocycles. The van der Waals surface area contributed by atoms with Crippen molar-refractivity contribution in [2.24, 2.45) is 0 Å². The van der Waals surface area contributed by atoms with E-state index in [1.165, 1.54) is 43.9 Å². The number of allylic oxidation sites excluding steroid dienone is 1. The second-order valence-electron chi connectivity index (χ2n) is 12.2. The van der Waals surface area contributed by atoms with Gasteiger partial charge in [0.05, 0.1) is 12.3 Å². The lowest BCUT2D eigenvalue weighted by Gasteiger charge is -2.34. The van der Waals surface area contributed by atoms with Crippen LogP contribution in [0.5, 0.6) is 0 Å². The fraction of sp³-hybridized carbons (Fsp3) is 0.455. The van der Waals surface area contributed by atoms with E-state index >= 15 is 0 Å². The molecule has 1 aromatic heterocycles. The Balaban J connectivity index is 2.05. The van der Waals surface area contributed by atoms with Gasteiger partial charge < -0.3 is 14.4 Å². The predicted molar refractivity (Wildman–Crippen MR) is 169 cm³/mol. The number of halogens is 6. The minimum Gasteiger partial charge on any atom is -0.444 e. The van der Waals surface area contributed by atoms with Gasteiger partial charge in [-0.25, -0.2) is 9.78 Å². The summed E-state index contributed by atoms with van der Waals surface area (Å²) in [6, 6.07) is 7.77. The molecule has 268 valence electrons. The molecule has 2 unspecified atom stereocenters. The number of amides is 3. The SMILES string of the molecule is C=CCCC(OCc1ccccc1)(C(=O)NNC(=O)c1nc(N2CCCC2CC=C)c(C(F)(F)F)cc1NC(=O)OC(C)(C)C)C(F)(F)F. The van der Waals surface area contributed by atoms with Crippen LogP contribution in [-0.2, 0) is 27.1 Å². The first kappa shape index (κ1) is 38.8. The molecule has 0 saturated carbocycles. The van der Waals surface area contributed by atoms with Gasteiger partial charge in [0.15, 0.2) is 5.69 Å². The quantitative estimate of drug-likeness (QED) is 0.121. The first-order valence-electron chi connectivity index (χ1n) is 15.3. The number of ether oxygens (including phenoxy) is 2. The summed E-state index contributed by atoms with van der Waals surface area (Å²) in [7, 11) is 0. The van der Waals surface area contributed by atoms with Crippen LogP contribution in [0.3, 0.4) is 0 Å². The van der Waals surface area contributed by atoms with Gasteiger partial charge in [0.25, 0.3) is 11.8 Å². The van der Waals surface area contributed by atoms with Crippen LogP contribution in [-0.4, -0.2) is 52.9 Å². The predicted octanol–water partition coefficient (Wildman–Crippen LogP) is 7.24. The number of anilines is 2. The van der Waals surface area contributed by atoms with Crippen LogP contribution in [0.15, 0.2) is 61.7 Å². The standard InChI is InChI=1S/C33H39F6N5O5/c1-6-8-17-31(33(37,38)39,48-20-21-14-10-9-11-15-21)28(46)43-42-27(45)25-24(40-29(47)49-30(3,4)5)19-23(32(34,35)36)26(41-25)44-18-12-16-22(44)13-7-2/h6-7,9-11,14-15,19,22H,1-2,8,12-13,16-18,20H2,3-5H3,(H,40,47)(H,42,45)(H,43,46). The van der Waals surface area contributed by atoms with Gasteiger partial charge >= 0.3 is 18.4 Å². The molecule has 0 bridgehead atoms. The van der Waals surface area contributed by atoms with E-state index in [9.17, 15) is 40.7 Å². The van der Waals surface area contributed by atoms with Crippen LogP contribution in [0.1, 0.15) is 74.5 Å². The molecule has 0 radical (unpaired) electrons. The summed E-state index contributed by atoms with van der Waals surface area (Å²) in [5.74, 6) is -3.90. The summed E-state index contributed by atoms with van der Waals surface area (Å²) in [6.07, 6.45) is -8.81. The molecule has 16 heteroatoms. The molecule has 3 rings (SSSR count). The highest BCUT2D eigenvalue weighted by atomic mass is 19.4. The number of pyridine rings is 1. The maximum Gasteiger partial charge on any atom is 0.426 e. The molecule has 1 saturated heterocycles. The zero-order chi connectivity index (χ0) is 36.6. The maximum absolute atomic E-state index is 14.6. The van der Waals surface area contributed by atoms with Crippen molar-refractivity contribution in [2.75, 3.05) is 16.8 Å². The number of nitrogens with zero attached hydrogens (tertiary/aromatic N) is 2. The van der Waals surface area contributed by atoms with Crippen LogP contribution in [0.4, 0.5) is 42.6 Å². The lowest BCUT2D eigenvalue weighted by Crippen LogP contribution is -2.61. The van der Waals surface area contributed by atoms with E-state index in [1.807, 2.05) is 5.43 Å². The van der Waals surface area contributed by atoms with Crippen molar-refractivity contribution < 1.29 is 50.2 Å². The number of carbonyl (C=O) groups is 3. The summed E-state index contributed by atoms with van der Waals surface area (Å²) < 4.78 is 97.4. The first-order chi connectivity index (χ1) is 22.8. The van der Waals surface area contributed by atoms with Gasteiger partial charge in [-0.1, -0.05) is 42.5 Å². The lowest BCUT2D eigenvalue weighted by molar-refractivity contribution is -0.273. The lowest BCUT2D eigenvalue weighted by atomic mass is 9.95. The Morgan fingerprint density at radius 2 is 1.69 bits per heavy atom. The topological polar surface area (TPSA) is 122 Å².